The largest absolute Gasteiger partial charge is 0.481 e. The molecule has 0 saturated carbocycles. The van der Waals surface area contributed by atoms with Crippen LogP contribution in [0.3, 0.4) is 0 Å². The van der Waals surface area contributed by atoms with Crippen LogP contribution in [0.25, 0.3) is 5.70 Å². The zero-order chi connectivity index (χ0) is 22.7. The lowest BCUT2D eigenvalue weighted by Gasteiger charge is -2.23. The Kier molecular flexibility index (Phi) is 6.56. The van der Waals surface area contributed by atoms with Gasteiger partial charge in [-0.05, 0) is 30.2 Å². The van der Waals surface area contributed by atoms with E-state index in [0.29, 0.717) is 18.8 Å². The Bertz CT molecular complexity index is 1170. The average Bonchev–Trinajstić information content (AvgIpc) is 3.24. The van der Waals surface area contributed by atoms with Crippen LogP contribution in [-0.2, 0) is 4.79 Å². The molecule has 1 saturated heterocycles. The van der Waals surface area contributed by atoms with Crippen LogP contribution in [-0.4, -0.2) is 34.9 Å². The minimum absolute atomic E-state index is 0.109. The third-order valence-electron chi connectivity index (χ3n) is 5.95. The number of hydrogen-bond donors (Lipinski definition) is 1. The molecule has 162 valence electrons. The quantitative estimate of drug-likeness (QED) is 0.355. The van der Waals surface area contributed by atoms with Crippen LogP contribution in [0.15, 0.2) is 94.9 Å². The summed E-state index contributed by atoms with van der Waals surface area (Å²) in [5.74, 6) is -0.637. The van der Waals surface area contributed by atoms with Gasteiger partial charge in [-0.1, -0.05) is 89.2 Å². The molecule has 0 aromatic heterocycles. The number of carbonyl (C=O) groups is 1. The SMILES string of the molecule is C=C(N=C(c1ccccc1C)N1CC(C(=O)O)C(c2ccccc2)C1)c1cccc(Br)c1. The maximum absolute atomic E-state index is 12.1. The summed E-state index contributed by atoms with van der Waals surface area (Å²) < 4.78 is 0.958. The molecule has 0 spiro atoms. The number of aliphatic imine (C=N–C) groups is 1. The first kappa shape index (κ1) is 22.0. The number of halogens is 1. The molecule has 2 unspecified atom stereocenters. The molecule has 1 aliphatic rings. The number of amidine groups is 1. The number of aryl methyl sites for hydroxylation is 1. The van der Waals surface area contributed by atoms with E-state index in [1.165, 1.54) is 0 Å². The van der Waals surface area contributed by atoms with Crippen molar-refractivity contribution in [1.29, 1.82) is 0 Å². The molecule has 3 aromatic carbocycles. The monoisotopic (exact) mass is 488 g/mol. The van der Waals surface area contributed by atoms with E-state index in [2.05, 4.69) is 27.4 Å². The van der Waals surface area contributed by atoms with Gasteiger partial charge in [0.15, 0.2) is 0 Å². The van der Waals surface area contributed by atoms with E-state index in [1.54, 1.807) is 0 Å². The van der Waals surface area contributed by atoms with E-state index in [-0.39, 0.29) is 5.92 Å². The standard InChI is InChI=1S/C27H25BrN2O2/c1-18-9-6-7-14-23(18)26(29-19(2)21-12-8-13-22(28)15-21)30-16-24(25(17-30)27(31)32)20-10-4-3-5-11-20/h3-15,24-25H,2,16-17H2,1H3,(H,31,32). The number of carboxylic acid groups (broad SMARTS) is 1. The van der Waals surface area contributed by atoms with Gasteiger partial charge in [0, 0.05) is 34.6 Å². The maximum atomic E-state index is 12.1. The summed E-state index contributed by atoms with van der Waals surface area (Å²) in [6, 6.07) is 25.8. The molecule has 0 amide bonds. The molecule has 0 radical (unpaired) electrons. The van der Waals surface area contributed by atoms with Gasteiger partial charge in [-0.15, -0.1) is 0 Å². The summed E-state index contributed by atoms with van der Waals surface area (Å²) in [5, 5.41) is 9.97. The number of rotatable bonds is 5. The second-order valence-electron chi connectivity index (χ2n) is 8.07. The van der Waals surface area contributed by atoms with Crippen molar-refractivity contribution in [2.24, 2.45) is 10.9 Å². The number of likely N-dealkylation sites (tertiary alicyclic amines) is 1. The molecule has 1 fully saturated rings. The average molecular weight is 489 g/mol. The van der Waals surface area contributed by atoms with E-state index >= 15 is 0 Å². The van der Waals surface area contributed by atoms with Gasteiger partial charge in [-0.2, -0.15) is 0 Å². The number of aliphatic carboxylic acids is 1. The van der Waals surface area contributed by atoms with Gasteiger partial charge in [-0.25, -0.2) is 4.99 Å². The minimum atomic E-state index is -0.781. The van der Waals surface area contributed by atoms with E-state index in [0.717, 1.165) is 32.6 Å². The molecule has 1 heterocycles. The lowest BCUT2D eigenvalue weighted by molar-refractivity contribution is -0.141. The first-order valence-corrected chi connectivity index (χ1v) is 11.4. The highest BCUT2D eigenvalue weighted by Crippen LogP contribution is 2.35. The molecule has 5 heteroatoms. The predicted molar refractivity (Wildman–Crippen MR) is 133 cm³/mol. The maximum Gasteiger partial charge on any atom is 0.308 e. The van der Waals surface area contributed by atoms with Crippen LogP contribution in [0.4, 0.5) is 0 Å². The van der Waals surface area contributed by atoms with Crippen molar-refractivity contribution in [2.75, 3.05) is 13.1 Å². The molecule has 2 atom stereocenters. The van der Waals surface area contributed by atoms with E-state index in [4.69, 9.17) is 4.99 Å². The van der Waals surface area contributed by atoms with Crippen molar-refractivity contribution >= 4 is 33.4 Å². The van der Waals surface area contributed by atoms with Crippen molar-refractivity contribution in [2.45, 2.75) is 12.8 Å². The molecule has 32 heavy (non-hydrogen) atoms. The van der Waals surface area contributed by atoms with Gasteiger partial charge >= 0.3 is 5.97 Å². The molecule has 3 aromatic rings. The molecular formula is C27H25BrN2O2. The van der Waals surface area contributed by atoms with Crippen LogP contribution in [0.5, 0.6) is 0 Å². The van der Waals surface area contributed by atoms with Crippen molar-refractivity contribution in [1.82, 2.24) is 4.90 Å². The lowest BCUT2D eigenvalue weighted by Crippen LogP contribution is -2.31. The Morgan fingerprint density at radius 1 is 1.03 bits per heavy atom. The van der Waals surface area contributed by atoms with E-state index < -0.39 is 11.9 Å². The Morgan fingerprint density at radius 2 is 1.75 bits per heavy atom. The molecular weight excluding hydrogens is 464 g/mol. The van der Waals surface area contributed by atoms with Crippen molar-refractivity contribution < 1.29 is 9.90 Å². The summed E-state index contributed by atoms with van der Waals surface area (Å²) in [5.41, 5.74) is 4.67. The van der Waals surface area contributed by atoms with Gasteiger partial charge in [0.2, 0.25) is 0 Å². The molecule has 4 nitrogen and oxygen atoms in total. The zero-order valence-corrected chi connectivity index (χ0v) is 19.5. The fraction of sp³-hybridized carbons (Fsp3) is 0.185. The topological polar surface area (TPSA) is 52.9 Å². The van der Waals surface area contributed by atoms with Gasteiger partial charge in [-0.3, -0.25) is 4.79 Å². The van der Waals surface area contributed by atoms with Crippen molar-refractivity contribution in [3.05, 3.63) is 112 Å². The Morgan fingerprint density at radius 3 is 2.44 bits per heavy atom. The van der Waals surface area contributed by atoms with E-state index in [1.807, 2.05) is 85.8 Å². The minimum Gasteiger partial charge on any atom is -0.481 e. The second-order valence-corrected chi connectivity index (χ2v) is 8.99. The summed E-state index contributed by atoms with van der Waals surface area (Å²) in [6.45, 7) is 7.24. The molecule has 0 bridgehead atoms. The van der Waals surface area contributed by atoms with Crippen molar-refractivity contribution in [3.8, 4) is 0 Å². The molecule has 1 N–H and O–H groups in total. The highest BCUT2D eigenvalue weighted by Gasteiger charge is 2.40. The summed E-state index contributed by atoms with van der Waals surface area (Å²) in [7, 11) is 0. The fourth-order valence-electron chi connectivity index (χ4n) is 4.25. The highest BCUT2D eigenvalue weighted by atomic mass is 79.9. The third kappa shape index (κ3) is 4.68. The molecule has 4 rings (SSSR count). The van der Waals surface area contributed by atoms with Gasteiger partial charge in [0.1, 0.15) is 5.84 Å². The van der Waals surface area contributed by atoms with Gasteiger partial charge < -0.3 is 10.0 Å². The van der Waals surface area contributed by atoms with Crippen LogP contribution in [0.2, 0.25) is 0 Å². The lowest BCUT2D eigenvalue weighted by atomic mass is 9.89. The Balaban J connectivity index is 1.76. The Labute approximate surface area is 197 Å². The van der Waals surface area contributed by atoms with Crippen LogP contribution in [0, 0.1) is 12.8 Å². The zero-order valence-electron chi connectivity index (χ0n) is 17.9. The smallest absolute Gasteiger partial charge is 0.308 e. The van der Waals surface area contributed by atoms with Gasteiger partial charge in [0.05, 0.1) is 11.6 Å². The van der Waals surface area contributed by atoms with Crippen molar-refractivity contribution in [3.63, 3.8) is 0 Å². The first-order chi connectivity index (χ1) is 15.4. The fourth-order valence-corrected chi connectivity index (χ4v) is 4.65. The highest BCUT2D eigenvalue weighted by molar-refractivity contribution is 9.10. The van der Waals surface area contributed by atoms with Gasteiger partial charge in [0.25, 0.3) is 0 Å². The Hall–Kier alpha value is -3.18. The van der Waals surface area contributed by atoms with E-state index in [9.17, 15) is 9.90 Å². The van der Waals surface area contributed by atoms with Crippen LogP contribution >= 0.6 is 15.9 Å². The number of benzene rings is 3. The first-order valence-electron chi connectivity index (χ1n) is 10.6. The number of carboxylic acids is 1. The number of hydrogen-bond acceptors (Lipinski definition) is 2. The molecule has 1 aliphatic heterocycles. The predicted octanol–water partition coefficient (Wildman–Crippen LogP) is 5.98. The van der Waals surface area contributed by atoms with Crippen LogP contribution in [0.1, 0.15) is 28.2 Å². The molecule has 0 aliphatic carbocycles. The summed E-state index contributed by atoms with van der Waals surface area (Å²) in [4.78, 5) is 19.2. The third-order valence-corrected chi connectivity index (χ3v) is 6.44. The number of nitrogens with zero attached hydrogens (tertiary/aromatic N) is 2. The normalized spacial score (nSPS) is 18.6. The summed E-state index contributed by atoms with van der Waals surface area (Å²) >= 11 is 3.51. The summed E-state index contributed by atoms with van der Waals surface area (Å²) in [6.07, 6.45) is 0. The second kappa shape index (κ2) is 9.53. The van der Waals surface area contributed by atoms with Crippen LogP contribution < -0.4 is 0 Å².